The molecule has 218 valence electrons. The van der Waals surface area contributed by atoms with Crippen molar-refractivity contribution in [1.29, 1.82) is 0 Å². The lowest BCUT2D eigenvalue weighted by molar-refractivity contribution is -0.169. The molecule has 1 aromatic rings. The van der Waals surface area contributed by atoms with Crippen LogP contribution in [0.5, 0.6) is 0 Å². The molecule has 2 amide bonds. The van der Waals surface area contributed by atoms with Gasteiger partial charge in [-0.3, -0.25) is 9.59 Å². The minimum atomic E-state index is -1.80. The maximum atomic E-state index is 12.4. The number of aliphatic carboxylic acids is 1. The fourth-order valence-electron chi connectivity index (χ4n) is 3.23. The molecule has 0 aliphatic heterocycles. The molecule has 0 spiro atoms. The first-order valence-electron chi connectivity index (χ1n) is 12.6. The Hall–Kier alpha value is -3.71. The van der Waals surface area contributed by atoms with Crippen molar-refractivity contribution in [3.05, 3.63) is 35.9 Å². The number of carbonyl (C=O) groups is 5. The van der Waals surface area contributed by atoms with Gasteiger partial charge in [-0.25, -0.2) is 14.4 Å². The first-order valence-corrected chi connectivity index (χ1v) is 12.6. The topological polar surface area (TPSA) is 193 Å². The van der Waals surface area contributed by atoms with E-state index >= 15 is 0 Å². The van der Waals surface area contributed by atoms with Crippen molar-refractivity contribution in [3.8, 4) is 0 Å². The lowest BCUT2D eigenvalue weighted by atomic mass is 10.0. The smallest absolute Gasteiger partial charge is 0.408 e. The van der Waals surface area contributed by atoms with Gasteiger partial charge in [0, 0.05) is 6.54 Å². The third-order valence-electron chi connectivity index (χ3n) is 4.94. The average Bonchev–Trinajstić information content (AvgIpc) is 2.85. The van der Waals surface area contributed by atoms with Crippen LogP contribution in [0.3, 0.4) is 0 Å². The number of benzene rings is 1. The molecular formula is C26H39N3O10. The number of unbranched alkanes of at least 4 members (excludes halogenated alkanes) is 1. The van der Waals surface area contributed by atoms with Crippen molar-refractivity contribution < 1.29 is 48.0 Å². The molecule has 1 rings (SSSR count). The van der Waals surface area contributed by atoms with Gasteiger partial charge in [-0.2, -0.15) is 0 Å². The Balaban J connectivity index is 2.56. The molecule has 0 saturated heterocycles. The van der Waals surface area contributed by atoms with E-state index in [1.807, 2.05) is 0 Å². The van der Waals surface area contributed by atoms with Crippen LogP contribution in [0.4, 0.5) is 4.79 Å². The lowest BCUT2D eigenvalue weighted by Crippen LogP contribution is -2.45. The Morgan fingerprint density at radius 3 is 2.28 bits per heavy atom. The summed E-state index contributed by atoms with van der Waals surface area (Å²) in [6.07, 6.45) is -1.13. The maximum absolute atomic E-state index is 12.4. The summed E-state index contributed by atoms with van der Waals surface area (Å²) in [4.78, 5) is 60.1. The van der Waals surface area contributed by atoms with Crippen LogP contribution in [-0.4, -0.2) is 79.1 Å². The standard InChI is InChI=1S/C26H39N3O10/c1-5-37-24(34)18(27)13-9-10-14-28-19(30)15-36-16-20(31)38-22(23(32)33)21(17-11-7-6-8-12-17)29-25(35)39-26(2,3)4/h6-8,11-12,18,21-22H,5,9-10,13-16,27H2,1-4H3,(H,28,30)(H,29,35)(H,32,33)/t18-,21?,22+/m0/s1. The van der Waals surface area contributed by atoms with Gasteiger partial charge in [0.1, 0.15) is 30.9 Å². The number of rotatable bonds is 16. The number of carbonyl (C=O) groups excluding carboxylic acids is 4. The van der Waals surface area contributed by atoms with Crippen LogP contribution in [0, 0.1) is 0 Å². The van der Waals surface area contributed by atoms with E-state index in [-0.39, 0.29) is 6.61 Å². The van der Waals surface area contributed by atoms with Crippen molar-refractivity contribution in [2.24, 2.45) is 5.73 Å². The second-order valence-corrected chi connectivity index (χ2v) is 9.48. The first-order chi connectivity index (χ1) is 18.3. The molecular weight excluding hydrogens is 514 g/mol. The van der Waals surface area contributed by atoms with Gasteiger partial charge in [-0.1, -0.05) is 30.3 Å². The lowest BCUT2D eigenvalue weighted by Gasteiger charge is -2.27. The Kier molecular flexibility index (Phi) is 14.5. The van der Waals surface area contributed by atoms with Crippen molar-refractivity contribution >= 4 is 29.9 Å². The highest BCUT2D eigenvalue weighted by Gasteiger charge is 2.35. The van der Waals surface area contributed by atoms with Crippen molar-refractivity contribution in [2.75, 3.05) is 26.4 Å². The van der Waals surface area contributed by atoms with E-state index < -0.39 is 66.9 Å². The maximum Gasteiger partial charge on any atom is 0.408 e. The monoisotopic (exact) mass is 553 g/mol. The van der Waals surface area contributed by atoms with Gasteiger partial charge in [0.2, 0.25) is 12.0 Å². The fraction of sp³-hybridized carbons (Fsp3) is 0.577. The summed E-state index contributed by atoms with van der Waals surface area (Å²) < 4.78 is 20.2. The summed E-state index contributed by atoms with van der Waals surface area (Å²) >= 11 is 0. The molecule has 39 heavy (non-hydrogen) atoms. The molecule has 1 aromatic carbocycles. The Labute approximate surface area is 227 Å². The number of nitrogens with one attached hydrogen (secondary N) is 2. The number of amides is 2. The largest absolute Gasteiger partial charge is 0.478 e. The van der Waals surface area contributed by atoms with Gasteiger partial charge in [0.25, 0.3) is 0 Å². The molecule has 0 radical (unpaired) electrons. The summed E-state index contributed by atoms with van der Waals surface area (Å²) in [5.74, 6) is -3.52. The predicted molar refractivity (Wildman–Crippen MR) is 138 cm³/mol. The normalized spacial score (nSPS) is 13.4. The highest BCUT2D eigenvalue weighted by molar-refractivity contribution is 5.81. The van der Waals surface area contributed by atoms with Gasteiger partial charge >= 0.3 is 24.0 Å². The molecule has 0 bridgehead atoms. The van der Waals surface area contributed by atoms with Gasteiger partial charge in [-0.05, 0) is 52.5 Å². The van der Waals surface area contributed by atoms with Crippen LogP contribution < -0.4 is 16.4 Å². The van der Waals surface area contributed by atoms with E-state index in [0.717, 1.165) is 0 Å². The van der Waals surface area contributed by atoms with Gasteiger partial charge in [0.05, 0.1) is 6.61 Å². The van der Waals surface area contributed by atoms with Crippen LogP contribution in [0.25, 0.3) is 0 Å². The minimum absolute atomic E-state index is 0.254. The molecule has 13 heteroatoms. The zero-order chi connectivity index (χ0) is 29.4. The van der Waals surface area contributed by atoms with Crippen LogP contribution in [0.2, 0.25) is 0 Å². The SMILES string of the molecule is CCOC(=O)[C@@H](N)CCCCNC(=O)COCC(=O)O[C@@H](C(=O)O)C(NC(=O)OC(C)(C)C)c1ccccc1. The quantitative estimate of drug-likeness (QED) is 0.131. The molecule has 0 aliphatic rings. The highest BCUT2D eigenvalue weighted by Crippen LogP contribution is 2.21. The van der Waals surface area contributed by atoms with Crippen molar-refractivity contribution in [2.45, 2.75) is 70.7 Å². The van der Waals surface area contributed by atoms with Gasteiger partial charge in [-0.15, -0.1) is 0 Å². The van der Waals surface area contributed by atoms with Crippen molar-refractivity contribution in [3.63, 3.8) is 0 Å². The minimum Gasteiger partial charge on any atom is -0.478 e. The number of esters is 2. The summed E-state index contributed by atoms with van der Waals surface area (Å²) in [5, 5.41) is 14.8. The second kappa shape index (κ2) is 17.0. The zero-order valence-electron chi connectivity index (χ0n) is 22.8. The van der Waals surface area contributed by atoms with E-state index in [1.54, 1.807) is 58.0 Å². The second-order valence-electron chi connectivity index (χ2n) is 9.48. The fourth-order valence-corrected chi connectivity index (χ4v) is 3.23. The number of hydrogen-bond acceptors (Lipinski definition) is 10. The van der Waals surface area contributed by atoms with E-state index in [9.17, 15) is 29.1 Å². The average molecular weight is 554 g/mol. The van der Waals surface area contributed by atoms with E-state index in [0.29, 0.717) is 31.4 Å². The number of alkyl carbamates (subject to hydrolysis) is 1. The Morgan fingerprint density at radius 1 is 1.03 bits per heavy atom. The van der Waals surface area contributed by atoms with Crippen LogP contribution in [-0.2, 0) is 38.1 Å². The summed E-state index contributed by atoms with van der Waals surface area (Å²) in [7, 11) is 0. The molecule has 0 fully saturated rings. The number of ether oxygens (including phenoxy) is 4. The molecule has 3 atom stereocenters. The predicted octanol–water partition coefficient (Wildman–Crippen LogP) is 1.44. The number of nitrogens with two attached hydrogens (primary N) is 1. The van der Waals surface area contributed by atoms with Crippen molar-refractivity contribution in [1.82, 2.24) is 10.6 Å². The molecule has 0 aliphatic carbocycles. The van der Waals surface area contributed by atoms with Gasteiger partial charge < -0.3 is 40.4 Å². The third-order valence-corrected chi connectivity index (χ3v) is 4.94. The van der Waals surface area contributed by atoms with Crippen LogP contribution >= 0.6 is 0 Å². The Morgan fingerprint density at radius 2 is 1.69 bits per heavy atom. The molecule has 5 N–H and O–H groups in total. The van der Waals surface area contributed by atoms with E-state index in [4.69, 9.17) is 24.7 Å². The van der Waals surface area contributed by atoms with Gasteiger partial charge in [0.15, 0.2) is 0 Å². The number of hydrogen-bond donors (Lipinski definition) is 4. The number of carboxylic acids is 1. The Bertz CT molecular complexity index is 949. The molecule has 0 saturated carbocycles. The van der Waals surface area contributed by atoms with E-state index in [1.165, 1.54) is 0 Å². The zero-order valence-corrected chi connectivity index (χ0v) is 22.8. The molecule has 0 aromatic heterocycles. The third kappa shape index (κ3) is 14.1. The summed E-state index contributed by atoms with van der Waals surface area (Å²) in [5.41, 5.74) is 5.23. The highest BCUT2D eigenvalue weighted by atomic mass is 16.6. The van der Waals surface area contributed by atoms with E-state index in [2.05, 4.69) is 10.6 Å². The first kappa shape index (κ1) is 33.3. The molecule has 13 nitrogen and oxygen atoms in total. The summed E-state index contributed by atoms with van der Waals surface area (Å²) in [6, 6.07) is 6.13. The van der Waals surface area contributed by atoms with Crippen LogP contribution in [0.1, 0.15) is 58.6 Å². The number of carboxylic acid groups (broad SMARTS) is 1. The molecule has 1 unspecified atom stereocenters. The molecule has 0 heterocycles. The summed E-state index contributed by atoms with van der Waals surface area (Å²) in [6.45, 7) is 6.03. The van der Waals surface area contributed by atoms with Crippen LogP contribution in [0.15, 0.2) is 30.3 Å².